The van der Waals surface area contributed by atoms with Gasteiger partial charge in [0, 0.05) is 32.6 Å². The molecule has 1 saturated carbocycles. The molecule has 0 bridgehead atoms. The lowest BCUT2D eigenvalue weighted by Gasteiger charge is -2.34. The molecule has 1 aromatic rings. The van der Waals surface area contributed by atoms with Crippen LogP contribution in [0.2, 0.25) is 0 Å². The summed E-state index contributed by atoms with van der Waals surface area (Å²) in [6, 6.07) is 8.95. The number of amides is 1. The Hall–Kier alpha value is -1.31. The highest BCUT2D eigenvalue weighted by atomic mass is 127. The standard InChI is InChI=1S/C22H32N4O.HI/c1-2-24-22(26-11-5-6-15(14-26)12-20(23)27)25-13-19-18-10-9-16-7-3-4-8-17(16)21(18)19;/h3-4,7-8,15,18-19,21H,2,5-6,9-14H2,1H3,(H2,23,27)(H,24,25);1H. The molecule has 6 heteroatoms. The van der Waals surface area contributed by atoms with Crippen molar-refractivity contribution < 1.29 is 4.79 Å². The number of rotatable bonds is 5. The monoisotopic (exact) mass is 496 g/mol. The third-order valence-corrected chi connectivity index (χ3v) is 6.59. The molecule has 2 aliphatic carbocycles. The van der Waals surface area contributed by atoms with Crippen molar-refractivity contribution in [2.45, 2.75) is 44.9 Å². The molecule has 4 atom stereocenters. The predicted molar refractivity (Wildman–Crippen MR) is 124 cm³/mol. The van der Waals surface area contributed by atoms with Gasteiger partial charge in [-0.1, -0.05) is 24.3 Å². The lowest BCUT2D eigenvalue weighted by atomic mass is 9.92. The fourth-order valence-electron chi connectivity index (χ4n) is 5.28. The van der Waals surface area contributed by atoms with Gasteiger partial charge in [-0.3, -0.25) is 9.79 Å². The Labute approximate surface area is 185 Å². The van der Waals surface area contributed by atoms with Crippen LogP contribution in [0, 0.1) is 17.8 Å². The zero-order valence-corrected chi connectivity index (χ0v) is 19.1. The lowest BCUT2D eigenvalue weighted by Crippen LogP contribution is -2.47. The minimum absolute atomic E-state index is 0. The largest absolute Gasteiger partial charge is 0.370 e. The number of nitrogens with zero attached hydrogens (tertiary/aromatic N) is 2. The zero-order valence-electron chi connectivity index (χ0n) is 16.8. The first-order valence-corrected chi connectivity index (χ1v) is 10.6. The first-order chi connectivity index (χ1) is 13.2. The molecule has 4 unspecified atom stereocenters. The molecule has 1 saturated heterocycles. The van der Waals surface area contributed by atoms with Crippen molar-refractivity contribution in [2.24, 2.45) is 28.5 Å². The van der Waals surface area contributed by atoms with Crippen LogP contribution in [0.25, 0.3) is 0 Å². The van der Waals surface area contributed by atoms with Crippen LogP contribution in [0.1, 0.15) is 49.7 Å². The molecular formula is C22H33IN4O. The molecule has 1 aromatic carbocycles. The fraction of sp³-hybridized carbons (Fsp3) is 0.636. The number of primary amides is 1. The average Bonchev–Trinajstić information content (AvgIpc) is 3.38. The van der Waals surface area contributed by atoms with Gasteiger partial charge in [0.2, 0.25) is 5.91 Å². The number of likely N-dealkylation sites (tertiary alicyclic amines) is 1. The number of carbonyl (C=O) groups excluding carboxylic acids is 1. The van der Waals surface area contributed by atoms with Crippen LogP contribution in [-0.2, 0) is 11.2 Å². The Morgan fingerprint density at radius 3 is 2.93 bits per heavy atom. The fourth-order valence-corrected chi connectivity index (χ4v) is 5.28. The van der Waals surface area contributed by atoms with Crippen LogP contribution >= 0.6 is 24.0 Å². The van der Waals surface area contributed by atoms with Crippen molar-refractivity contribution in [1.29, 1.82) is 0 Å². The van der Waals surface area contributed by atoms with Crippen molar-refractivity contribution in [3.63, 3.8) is 0 Å². The second-order valence-electron chi connectivity index (χ2n) is 8.41. The molecule has 0 spiro atoms. The third kappa shape index (κ3) is 4.63. The van der Waals surface area contributed by atoms with E-state index in [1.807, 2.05) is 0 Å². The summed E-state index contributed by atoms with van der Waals surface area (Å²) in [6.45, 7) is 5.79. The highest BCUT2D eigenvalue weighted by Crippen LogP contribution is 2.59. The molecule has 4 rings (SSSR count). The van der Waals surface area contributed by atoms with E-state index in [0.29, 0.717) is 24.2 Å². The number of nitrogens with one attached hydrogen (secondary N) is 1. The normalized spacial score (nSPS) is 28.6. The van der Waals surface area contributed by atoms with Crippen molar-refractivity contribution in [2.75, 3.05) is 26.2 Å². The van der Waals surface area contributed by atoms with Gasteiger partial charge in [0.15, 0.2) is 5.96 Å². The average molecular weight is 496 g/mol. The van der Waals surface area contributed by atoms with Gasteiger partial charge in [-0.05, 0) is 67.4 Å². The molecule has 0 radical (unpaired) electrons. The van der Waals surface area contributed by atoms with Crippen molar-refractivity contribution in [1.82, 2.24) is 10.2 Å². The van der Waals surface area contributed by atoms with Gasteiger partial charge in [0.25, 0.3) is 0 Å². The third-order valence-electron chi connectivity index (χ3n) is 6.59. The van der Waals surface area contributed by atoms with E-state index in [4.69, 9.17) is 10.7 Å². The highest BCUT2D eigenvalue weighted by Gasteiger charge is 2.52. The maximum atomic E-state index is 11.3. The number of hydrogen-bond acceptors (Lipinski definition) is 2. The summed E-state index contributed by atoms with van der Waals surface area (Å²) in [4.78, 5) is 18.7. The molecule has 3 aliphatic rings. The van der Waals surface area contributed by atoms with E-state index in [9.17, 15) is 4.79 Å². The predicted octanol–water partition coefficient (Wildman–Crippen LogP) is 3.13. The molecule has 0 aromatic heterocycles. The number of halogens is 1. The maximum Gasteiger partial charge on any atom is 0.217 e. The van der Waals surface area contributed by atoms with Crippen molar-refractivity contribution in [3.8, 4) is 0 Å². The van der Waals surface area contributed by atoms with Gasteiger partial charge in [-0.25, -0.2) is 0 Å². The van der Waals surface area contributed by atoms with Crippen LogP contribution in [0.5, 0.6) is 0 Å². The molecule has 5 nitrogen and oxygen atoms in total. The summed E-state index contributed by atoms with van der Waals surface area (Å²) >= 11 is 0. The van der Waals surface area contributed by atoms with E-state index in [2.05, 4.69) is 41.4 Å². The Morgan fingerprint density at radius 2 is 2.14 bits per heavy atom. The molecule has 2 fully saturated rings. The second-order valence-corrected chi connectivity index (χ2v) is 8.41. The van der Waals surface area contributed by atoms with E-state index in [0.717, 1.165) is 50.9 Å². The number of piperidine rings is 1. The number of benzene rings is 1. The summed E-state index contributed by atoms with van der Waals surface area (Å²) in [6.07, 6.45) is 5.20. The van der Waals surface area contributed by atoms with Crippen LogP contribution in [0.15, 0.2) is 29.3 Å². The van der Waals surface area contributed by atoms with E-state index < -0.39 is 0 Å². The minimum Gasteiger partial charge on any atom is -0.370 e. The number of hydrogen-bond donors (Lipinski definition) is 2. The molecule has 3 N–H and O–H groups in total. The van der Waals surface area contributed by atoms with E-state index >= 15 is 0 Å². The minimum atomic E-state index is -0.190. The lowest BCUT2D eigenvalue weighted by molar-refractivity contribution is -0.119. The Morgan fingerprint density at radius 1 is 1.32 bits per heavy atom. The van der Waals surface area contributed by atoms with Crippen molar-refractivity contribution in [3.05, 3.63) is 35.4 Å². The molecule has 28 heavy (non-hydrogen) atoms. The number of aryl methyl sites for hydroxylation is 1. The summed E-state index contributed by atoms with van der Waals surface area (Å²) in [5.41, 5.74) is 8.52. The smallest absolute Gasteiger partial charge is 0.217 e. The number of guanidine groups is 1. The summed E-state index contributed by atoms with van der Waals surface area (Å²) in [5, 5.41) is 3.47. The molecule has 154 valence electrons. The number of aliphatic imine (C=N–C) groups is 1. The first kappa shape index (κ1) is 21.4. The van der Waals surface area contributed by atoms with Gasteiger partial charge in [0.05, 0.1) is 0 Å². The number of carbonyl (C=O) groups is 1. The Bertz CT molecular complexity index is 722. The van der Waals surface area contributed by atoms with Gasteiger partial charge < -0.3 is 16.0 Å². The molecule has 1 aliphatic heterocycles. The SMILES string of the molecule is CCNC(=NCC1C2CCc3ccccc3C21)N1CCCC(CC(N)=O)C1.I. The first-order valence-electron chi connectivity index (χ1n) is 10.6. The van der Waals surface area contributed by atoms with Crippen LogP contribution < -0.4 is 11.1 Å². The van der Waals surface area contributed by atoms with Gasteiger partial charge in [0.1, 0.15) is 0 Å². The van der Waals surface area contributed by atoms with Gasteiger partial charge >= 0.3 is 0 Å². The molecular weight excluding hydrogens is 463 g/mol. The van der Waals surface area contributed by atoms with E-state index in [1.165, 1.54) is 12.8 Å². The summed E-state index contributed by atoms with van der Waals surface area (Å²) in [7, 11) is 0. The van der Waals surface area contributed by atoms with E-state index in [-0.39, 0.29) is 29.9 Å². The molecule has 1 heterocycles. The van der Waals surface area contributed by atoms with Gasteiger partial charge in [-0.2, -0.15) is 0 Å². The Kier molecular flexibility index (Phi) is 7.23. The van der Waals surface area contributed by atoms with E-state index in [1.54, 1.807) is 11.1 Å². The number of nitrogens with two attached hydrogens (primary N) is 1. The van der Waals surface area contributed by atoms with Gasteiger partial charge in [-0.15, -0.1) is 24.0 Å². The summed E-state index contributed by atoms with van der Waals surface area (Å²) < 4.78 is 0. The topological polar surface area (TPSA) is 70.7 Å². The second kappa shape index (κ2) is 9.46. The van der Waals surface area contributed by atoms with Crippen LogP contribution in [0.4, 0.5) is 0 Å². The number of fused-ring (bicyclic) bond motifs is 3. The van der Waals surface area contributed by atoms with Crippen LogP contribution in [0.3, 0.4) is 0 Å². The zero-order chi connectivity index (χ0) is 18.8. The maximum absolute atomic E-state index is 11.3. The van der Waals surface area contributed by atoms with Crippen molar-refractivity contribution >= 4 is 35.8 Å². The van der Waals surface area contributed by atoms with Crippen LogP contribution in [-0.4, -0.2) is 42.9 Å². The quantitative estimate of drug-likeness (QED) is 0.374. The molecule has 1 amide bonds. The highest BCUT2D eigenvalue weighted by molar-refractivity contribution is 14.0. The Balaban J connectivity index is 0.00000225. The summed E-state index contributed by atoms with van der Waals surface area (Å²) in [5.74, 6) is 3.40.